The molecule has 0 spiro atoms. The van der Waals surface area contributed by atoms with Crippen molar-refractivity contribution in [1.82, 2.24) is 25.0 Å². The Balaban J connectivity index is 1.41. The lowest BCUT2D eigenvalue weighted by atomic mass is 10.2. The highest BCUT2D eigenvalue weighted by molar-refractivity contribution is 7.90. The second-order valence-corrected chi connectivity index (χ2v) is 11.2. The molecule has 0 aliphatic heterocycles. The van der Waals surface area contributed by atoms with Crippen molar-refractivity contribution in [2.24, 2.45) is 0 Å². The number of hydrogen-bond donors (Lipinski definition) is 0. The summed E-state index contributed by atoms with van der Waals surface area (Å²) in [6.07, 6.45) is 3.05. The fourth-order valence-corrected chi connectivity index (χ4v) is 5.45. The number of ketones is 1. The number of Topliss-reactive ketones (excluding diaryl/α,β-unsaturated/α-hetero) is 1. The van der Waals surface area contributed by atoms with Crippen LogP contribution in [0.4, 0.5) is 0 Å². The summed E-state index contributed by atoms with van der Waals surface area (Å²) in [5.41, 5.74) is 3.10. The molecule has 0 amide bonds. The van der Waals surface area contributed by atoms with Crippen LogP contribution in [-0.4, -0.2) is 45.4 Å². The van der Waals surface area contributed by atoms with Gasteiger partial charge in [-0.3, -0.25) is 4.79 Å². The van der Waals surface area contributed by atoms with Gasteiger partial charge < -0.3 is 0 Å². The molecule has 160 valence electrons. The van der Waals surface area contributed by atoms with E-state index < -0.39 is 9.84 Å². The average molecular weight is 474 g/mol. The molecule has 0 atom stereocenters. The summed E-state index contributed by atoms with van der Waals surface area (Å²) in [5, 5.41) is 11.8. The number of thiazole rings is 2. The van der Waals surface area contributed by atoms with Gasteiger partial charge in [0.25, 0.3) is 0 Å². The molecule has 3 heterocycles. The number of rotatable bonds is 7. The SMILES string of the molecule is Cc1nc(C)c(-c2csc(CC(=O)Cn3cc(-c4ccc(S(C)(=O)=O)cc4)nn3)n2)s1. The van der Waals surface area contributed by atoms with Crippen molar-refractivity contribution < 1.29 is 13.2 Å². The van der Waals surface area contributed by atoms with E-state index >= 15 is 0 Å². The third kappa shape index (κ3) is 4.94. The highest BCUT2D eigenvalue weighted by Crippen LogP contribution is 2.30. The molecule has 0 bridgehead atoms. The van der Waals surface area contributed by atoms with Gasteiger partial charge in [0, 0.05) is 17.2 Å². The fraction of sp³-hybridized carbons (Fsp3) is 0.250. The first-order valence-corrected chi connectivity index (χ1v) is 12.9. The van der Waals surface area contributed by atoms with Crippen LogP contribution in [0.3, 0.4) is 0 Å². The van der Waals surface area contributed by atoms with E-state index in [-0.39, 0.29) is 23.6 Å². The maximum absolute atomic E-state index is 12.5. The van der Waals surface area contributed by atoms with Crippen molar-refractivity contribution in [3.63, 3.8) is 0 Å². The molecule has 0 fully saturated rings. The quantitative estimate of drug-likeness (QED) is 0.405. The minimum atomic E-state index is -3.25. The van der Waals surface area contributed by atoms with E-state index in [9.17, 15) is 13.2 Å². The van der Waals surface area contributed by atoms with Crippen LogP contribution in [0.1, 0.15) is 15.7 Å². The molecule has 0 radical (unpaired) electrons. The molecule has 0 N–H and O–H groups in total. The first kappa shape index (κ1) is 21.5. The maximum Gasteiger partial charge on any atom is 0.175 e. The largest absolute Gasteiger partial charge is 0.297 e. The second-order valence-electron chi connectivity index (χ2n) is 7.09. The molecule has 31 heavy (non-hydrogen) atoms. The Morgan fingerprint density at radius 2 is 1.84 bits per heavy atom. The van der Waals surface area contributed by atoms with E-state index in [0.717, 1.165) is 38.1 Å². The van der Waals surface area contributed by atoms with Crippen LogP contribution >= 0.6 is 22.7 Å². The molecule has 0 saturated carbocycles. The van der Waals surface area contributed by atoms with Gasteiger partial charge >= 0.3 is 0 Å². The minimum Gasteiger partial charge on any atom is -0.297 e. The van der Waals surface area contributed by atoms with Crippen molar-refractivity contribution in [3.05, 3.63) is 51.6 Å². The predicted octanol–water partition coefficient (Wildman–Crippen LogP) is 3.36. The Bertz CT molecular complexity index is 1350. The monoisotopic (exact) mass is 473 g/mol. The van der Waals surface area contributed by atoms with Gasteiger partial charge in [-0.25, -0.2) is 23.1 Å². The van der Waals surface area contributed by atoms with Crippen LogP contribution in [0, 0.1) is 13.8 Å². The Kier molecular flexibility index (Phi) is 5.82. The average Bonchev–Trinajstić information content (AvgIpc) is 3.42. The number of aromatic nitrogens is 5. The number of sulfone groups is 1. The molecule has 8 nitrogen and oxygen atoms in total. The highest BCUT2D eigenvalue weighted by Gasteiger charge is 2.15. The molecule has 1 aromatic carbocycles. The van der Waals surface area contributed by atoms with Gasteiger partial charge in [-0.2, -0.15) is 0 Å². The summed E-state index contributed by atoms with van der Waals surface area (Å²) in [6, 6.07) is 6.40. The fourth-order valence-electron chi connectivity index (χ4n) is 3.05. The lowest BCUT2D eigenvalue weighted by molar-refractivity contribution is -0.119. The third-order valence-corrected chi connectivity index (χ3v) is 7.56. The number of aryl methyl sites for hydroxylation is 2. The topological polar surface area (TPSA) is 108 Å². The van der Waals surface area contributed by atoms with Crippen LogP contribution in [0.2, 0.25) is 0 Å². The van der Waals surface area contributed by atoms with Crippen molar-refractivity contribution in [3.8, 4) is 21.8 Å². The molecule has 0 saturated heterocycles. The zero-order valence-corrected chi connectivity index (χ0v) is 19.5. The lowest BCUT2D eigenvalue weighted by Gasteiger charge is -2.00. The smallest absolute Gasteiger partial charge is 0.175 e. The molecule has 0 aliphatic carbocycles. The standard InChI is InChI=1S/C20H19N5O3S3/c1-12-20(30-13(2)21-12)18-11-29-19(22-18)8-15(26)9-25-10-17(23-24-25)14-4-6-16(7-5-14)31(3,27)28/h4-7,10-11H,8-9H2,1-3H3. The summed E-state index contributed by atoms with van der Waals surface area (Å²) in [4.78, 5) is 22.8. The van der Waals surface area contributed by atoms with Gasteiger partial charge in [0.1, 0.15) is 17.2 Å². The normalized spacial score (nSPS) is 11.7. The van der Waals surface area contributed by atoms with Gasteiger partial charge in [-0.1, -0.05) is 17.3 Å². The van der Waals surface area contributed by atoms with Crippen LogP contribution in [0.5, 0.6) is 0 Å². The van der Waals surface area contributed by atoms with Crippen molar-refractivity contribution in [2.75, 3.05) is 6.26 Å². The number of nitrogens with zero attached hydrogens (tertiary/aromatic N) is 5. The summed E-state index contributed by atoms with van der Waals surface area (Å²) in [5.74, 6) is -0.0259. The predicted molar refractivity (Wildman–Crippen MR) is 120 cm³/mol. The number of carbonyl (C=O) groups is 1. The Morgan fingerprint density at radius 3 is 2.48 bits per heavy atom. The van der Waals surface area contributed by atoms with Gasteiger partial charge in [0.2, 0.25) is 0 Å². The Hall–Kier alpha value is -2.76. The number of hydrogen-bond acceptors (Lipinski definition) is 9. The zero-order valence-electron chi connectivity index (χ0n) is 17.1. The molecule has 0 aliphatic rings. The number of benzene rings is 1. The third-order valence-electron chi connectivity index (χ3n) is 4.49. The van der Waals surface area contributed by atoms with E-state index in [0.29, 0.717) is 5.69 Å². The molecule has 11 heteroatoms. The van der Waals surface area contributed by atoms with E-state index in [1.165, 1.54) is 28.2 Å². The molecule has 0 unspecified atom stereocenters. The Labute approximate surface area is 187 Å². The van der Waals surface area contributed by atoms with Gasteiger partial charge in [0.05, 0.1) is 38.8 Å². The van der Waals surface area contributed by atoms with Gasteiger partial charge in [0.15, 0.2) is 15.6 Å². The Morgan fingerprint density at radius 1 is 1.10 bits per heavy atom. The van der Waals surface area contributed by atoms with Crippen LogP contribution in [0.25, 0.3) is 21.8 Å². The highest BCUT2D eigenvalue weighted by atomic mass is 32.2. The van der Waals surface area contributed by atoms with Crippen LogP contribution in [-0.2, 0) is 27.6 Å². The molecular weight excluding hydrogens is 454 g/mol. The summed E-state index contributed by atoms with van der Waals surface area (Å²) >= 11 is 3.06. The van der Waals surface area contributed by atoms with E-state index in [2.05, 4.69) is 20.3 Å². The first-order valence-electron chi connectivity index (χ1n) is 9.30. The van der Waals surface area contributed by atoms with E-state index in [1.54, 1.807) is 29.7 Å². The molecule has 4 rings (SSSR count). The summed E-state index contributed by atoms with van der Waals surface area (Å²) < 4.78 is 24.6. The van der Waals surface area contributed by atoms with Crippen molar-refractivity contribution in [2.45, 2.75) is 31.7 Å². The summed E-state index contributed by atoms with van der Waals surface area (Å²) in [6.45, 7) is 4.01. The van der Waals surface area contributed by atoms with E-state index in [4.69, 9.17) is 0 Å². The number of carbonyl (C=O) groups excluding carboxylic acids is 1. The van der Waals surface area contributed by atoms with Crippen molar-refractivity contribution >= 4 is 38.3 Å². The minimum absolute atomic E-state index is 0.0259. The van der Waals surface area contributed by atoms with Gasteiger partial charge in [-0.05, 0) is 26.0 Å². The zero-order chi connectivity index (χ0) is 22.2. The van der Waals surface area contributed by atoms with Crippen LogP contribution in [0.15, 0.2) is 40.7 Å². The van der Waals surface area contributed by atoms with Crippen LogP contribution < -0.4 is 0 Å². The van der Waals surface area contributed by atoms with E-state index in [1.807, 2.05) is 19.2 Å². The lowest BCUT2D eigenvalue weighted by Crippen LogP contribution is -2.13. The maximum atomic E-state index is 12.5. The van der Waals surface area contributed by atoms with Crippen molar-refractivity contribution in [1.29, 1.82) is 0 Å². The second kappa shape index (κ2) is 8.40. The molecule has 4 aromatic rings. The molecule has 3 aromatic heterocycles. The summed E-state index contributed by atoms with van der Waals surface area (Å²) in [7, 11) is -3.25. The first-order chi connectivity index (χ1) is 14.7. The molecular formula is C20H19N5O3S3. The van der Waals surface area contributed by atoms with Gasteiger partial charge in [-0.15, -0.1) is 27.8 Å².